The molecule has 3 aromatic rings. The minimum atomic E-state index is -0.634. The highest BCUT2D eigenvalue weighted by Crippen LogP contribution is 2.43. The molecule has 1 saturated carbocycles. The maximum atomic E-state index is 14.8. The third kappa shape index (κ3) is 5.17. The lowest BCUT2D eigenvalue weighted by Crippen LogP contribution is -2.59. The molecule has 10 heteroatoms. The van der Waals surface area contributed by atoms with Crippen LogP contribution in [0.3, 0.4) is 0 Å². The Morgan fingerprint density at radius 1 is 1.05 bits per heavy atom. The van der Waals surface area contributed by atoms with E-state index in [0.717, 1.165) is 32.7 Å². The number of anilines is 2. The Morgan fingerprint density at radius 2 is 1.86 bits per heavy atom. The van der Waals surface area contributed by atoms with Crippen LogP contribution in [-0.2, 0) is 0 Å². The Morgan fingerprint density at radius 3 is 2.65 bits per heavy atom. The maximum absolute atomic E-state index is 14.8. The van der Waals surface area contributed by atoms with Crippen LogP contribution >= 0.6 is 23.2 Å². The summed E-state index contributed by atoms with van der Waals surface area (Å²) in [7, 11) is 0. The van der Waals surface area contributed by atoms with E-state index in [4.69, 9.17) is 32.7 Å². The topological polar surface area (TPSA) is 71.5 Å². The Balaban J connectivity index is 1.30. The third-order valence-corrected chi connectivity index (χ3v) is 8.49. The summed E-state index contributed by atoms with van der Waals surface area (Å²) in [5.74, 6) is 2.14. The number of nitrogens with one attached hydrogen (secondary N) is 2. The Hall–Kier alpha value is -2.39. The summed E-state index contributed by atoms with van der Waals surface area (Å²) in [4.78, 5) is 11.3. The van der Waals surface area contributed by atoms with E-state index in [1.54, 1.807) is 6.07 Å². The molecule has 0 amide bonds. The van der Waals surface area contributed by atoms with Crippen molar-refractivity contribution in [1.29, 1.82) is 0 Å². The van der Waals surface area contributed by atoms with Crippen LogP contribution in [0.15, 0.2) is 30.6 Å². The van der Waals surface area contributed by atoms with Gasteiger partial charge in [-0.15, -0.1) is 0 Å². The van der Waals surface area contributed by atoms with Crippen molar-refractivity contribution in [2.75, 3.05) is 44.6 Å². The van der Waals surface area contributed by atoms with Crippen molar-refractivity contribution < 1.29 is 13.9 Å². The van der Waals surface area contributed by atoms with Gasteiger partial charge in [-0.3, -0.25) is 4.90 Å². The van der Waals surface area contributed by atoms with Gasteiger partial charge in [0.1, 0.15) is 24.9 Å². The first-order valence-corrected chi connectivity index (χ1v) is 13.7. The fourth-order valence-electron chi connectivity index (χ4n) is 5.62. The molecule has 3 aliphatic rings. The minimum absolute atomic E-state index is 0.136. The fourth-order valence-corrected chi connectivity index (χ4v) is 5.94. The average molecular weight is 546 g/mol. The van der Waals surface area contributed by atoms with Crippen molar-refractivity contribution >= 4 is 45.6 Å². The first-order valence-electron chi connectivity index (χ1n) is 13.0. The molecule has 2 aliphatic heterocycles. The van der Waals surface area contributed by atoms with E-state index in [9.17, 15) is 4.39 Å². The Kier molecular flexibility index (Phi) is 7.25. The number of benzene rings is 2. The normalized spacial score (nSPS) is 23.5. The lowest BCUT2D eigenvalue weighted by molar-refractivity contribution is -0.0458. The number of rotatable bonds is 8. The molecular weight excluding hydrogens is 516 g/mol. The molecule has 2 aromatic carbocycles. The minimum Gasteiger partial charge on any atom is -0.488 e. The highest BCUT2D eigenvalue weighted by atomic mass is 35.5. The first kappa shape index (κ1) is 24.9. The standard InChI is InChI=1S/C27H30Cl2FN5O2/c28-19-4-5-20(25(30)24(19)29)34-27-18-11-23(37-26-16-10-17(26)14-31-13-16)22(12-21(18)32-15-33-27)36-9-8-35-6-2-1-3-7-35/h4-5,11-12,15-17,26,31H,1-3,6-10,13-14H2,(H,32,33,34)/t16-,17+,26+. The number of hydrogen-bond acceptors (Lipinski definition) is 7. The van der Waals surface area contributed by atoms with E-state index in [-0.39, 0.29) is 21.8 Å². The molecule has 0 unspecified atom stereocenters. The molecule has 0 radical (unpaired) electrons. The zero-order valence-electron chi connectivity index (χ0n) is 20.5. The predicted molar refractivity (Wildman–Crippen MR) is 144 cm³/mol. The Bertz CT molecular complexity index is 1280. The van der Waals surface area contributed by atoms with Gasteiger partial charge in [0.05, 0.1) is 21.2 Å². The highest BCUT2D eigenvalue weighted by molar-refractivity contribution is 6.42. The second-order valence-corrected chi connectivity index (χ2v) is 10.9. The molecule has 0 spiro atoms. The SMILES string of the molecule is Fc1c(Nc2ncnc3cc(OCCN4CCCCC4)c(O[C@@H]4[C@@H]5CNC[C@H]4C5)cc23)ccc(Cl)c1Cl. The first-order chi connectivity index (χ1) is 18.1. The molecule has 3 heterocycles. The molecule has 6 rings (SSSR count). The molecule has 2 N–H and O–H groups in total. The van der Waals surface area contributed by atoms with Gasteiger partial charge in [-0.2, -0.15) is 0 Å². The summed E-state index contributed by atoms with van der Waals surface area (Å²) < 4.78 is 27.6. The summed E-state index contributed by atoms with van der Waals surface area (Å²) in [6.45, 7) is 5.63. The van der Waals surface area contributed by atoms with E-state index in [0.29, 0.717) is 46.7 Å². The number of ether oxygens (including phenoxy) is 2. The smallest absolute Gasteiger partial charge is 0.166 e. The number of piperidine rings is 3. The second kappa shape index (κ2) is 10.8. The average Bonchev–Trinajstić information content (AvgIpc) is 2.93. The van der Waals surface area contributed by atoms with Crippen LogP contribution < -0.4 is 20.1 Å². The van der Waals surface area contributed by atoms with Crippen LogP contribution in [-0.4, -0.2) is 60.3 Å². The van der Waals surface area contributed by atoms with Gasteiger partial charge in [0.15, 0.2) is 17.3 Å². The number of aromatic nitrogens is 2. The van der Waals surface area contributed by atoms with Crippen molar-refractivity contribution in [3.8, 4) is 11.5 Å². The largest absolute Gasteiger partial charge is 0.488 e. The number of halogens is 3. The van der Waals surface area contributed by atoms with Gasteiger partial charge < -0.3 is 20.1 Å². The summed E-state index contributed by atoms with van der Waals surface area (Å²) in [5.41, 5.74) is 0.854. The van der Waals surface area contributed by atoms with Crippen LogP contribution in [0.2, 0.25) is 10.0 Å². The molecule has 196 valence electrons. The van der Waals surface area contributed by atoms with Gasteiger partial charge in [0.2, 0.25) is 0 Å². The maximum Gasteiger partial charge on any atom is 0.166 e. The molecule has 3 atom stereocenters. The molecular formula is C27H30Cl2FN5O2. The van der Waals surface area contributed by atoms with E-state index in [1.807, 2.05) is 12.1 Å². The van der Waals surface area contributed by atoms with Crippen LogP contribution in [0.1, 0.15) is 25.7 Å². The van der Waals surface area contributed by atoms with E-state index in [1.165, 1.54) is 38.1 Å². The molecule has 2 bridgehead atoms. The molecule has 1 aliphatic carbocycles. The second-order valence-electron chi connectivity index (χ2n) is 10.1. The zero-order chi connectivity index (χ0) is 25.4. The van der Waals surface area contributed by atoms with Gasteiger partial charge >= 0.3 is 0 Å². The summed E-state index contributed by atoms with van der Waals surface area (Å²) >= 11 is 12.0. The molecule has 3 fully saturated rings. The zero-order valence-corrected chi connectivity index (χ0v) is 22.0. The van der Waals surface area contributed by atoms with Gasteiger partial charge in [-0.05, 0) is 50.6 Å². The van der Waals surface area contributed by atoms with Gasteiger partial charge in [-0.1, -0.05) is 29.6 Å². The van der Waals surface area contributed by atoms with Crippen LogP contribution in [0.4, 0.5) is 15.9 Å². The number of likely N-dealkylation sites (tertiary alicyclic amines) is 1. The molecule has 1 aromatic heterocycles. The Labute approximate surface area is 225 Å². The van der Waals surface area contributed by atoms with E-state index < -0.39 is 5.82 Å². The monoisotopic (exact) mass is 545 g/mol. The lowest BCUT2D eigenvalue weighted by atomic mass is 9.69. The van der Waals surface area contributed by atoms with Crippen LogP contribution in [0, 0.1) is 17.7 Å². The molecule has 7 nitrogen and oxygen atoms in total. The quantitative estimate of drug-likeness (QED) is 0.353. The number of hydrogen-bond donors (Lipinski definition) is 2. The van der Waals surface area contributed by atoms with Crippen molar-refractivity contribution in [3.63, 3.8) is 0 Å². The highest BCUT2D eigenvalue weighted by Gasteiger charge is 2.45. The third-order valence-electron chi connectivity index (χ3n) is 7.71. The molecule has 2 saturated heterocycles. The summed E-state index contributed by atoms with van der Waals surface area (Å²) in [5, 5.41) is 7.24. The van der Waals surface area contributed by atoms with Crippen molar-refractivity contribution in [2.24, 2.45) is 11.8 Å². The van der Waals surface area contributed by atoms with Crippen LogP contribution in [0.5, 0.6) is 11.5 Å². The van der Waals surface area contributed by atoms with Gasteiger partial charge in [0.25, 0.3) is 0 Å². The fraction of sp³-hybridized carbons (Fsp3) is 0.481. The predicted octanol–water partition coefficient (Wildman–Crippen LogP) is 5.67. The van der Waals surface area contributed by atoms with Crippen molar-refractivity contribution in [2.45, 2.75) is 31.8 Å². The number of nitrogens with zero attached hydrogens (tertiary/aromatic N) is 3. The van der Waals surface area contributed by atoms with Crippen molar-refractivity contribution in [3.05, 3.63) is 46.5 Å². The van der Waals surface area contributed by atoms with E-state index in [2.05, 4.69) is 25.5 Å². The summed E-state index contributed by atoms with van der Waals surface area (Å²) in [6, 6.07) is 6.89. The van der Waals surface area contributed by atoms with Crippen LogP contribution in [0.25, 0.3) is 10.9 Å². The van der Waals surface area contributed by atoms with Crippen molar-refractivity contribution in [1.82, 2.24) is 20.2 Å². The number of fused-ring (bicyclic) bond motifs is 3. The van der Waals surface area contributed by atoms with Gasteiger partial charge in [-0.25, -0.2) is 14.4 Å². The summed E-state index contributed by atoms with van der Waals surface area (Å²) in [6.07, 6.45) is 6.57. The molecule has 37 heavy (non-hydrogen) atoms. The lowest BCUT2D eigenvalue weighted by Gasteiger charge is -2.49. The van der Waals surface area contributed by atoms with Gasteiger partial charge in [0, 0.05) is 42.9 Å². The van der Waals surface area contributed by atoms with E-state index >= 15 is 0 Å².